The molecule has 0 aromatic carbocycles. The second-order valence-corrected chi connectivity index (χ2v) is 4.94. The second-order valence-electron chi connectivity index (χ2n) is 4.94. The van der Waals surface area contributed by atoms with E-state index in [9.17, 15) is 4.79 Å². The summed E-state index contributed by atoms with van der Waals surface area (Å²) in [7, 11) is 1.99. The molecule has 0 N–H and O–H groups in total. The number of amides is 1. The van der Waals surface area contributed by atoms with Crippen LogP contribution in [0.4, 0.5) is 5.82 Å². The van der Waals surface area contributed by atoms with Crippen molar-refractivity contribution >= 4 is 11.7 Å². The second kappa shape index (κ2) is 7.19. The van der Waals surface area contributed by atoms with Crippen LogP contribution in [0.2, 0.25) is 0 Å². The predicted octanol–water partition coefficient (Wildman–Crippen LogP) is 1.19. The molecule has 0 saturated carbocycles. The monoisotopic (exact) mass is 278 g/mol. The van der Waals surface area contributed by atoms with Crippen molar-refractivity contribution in [3.05, 3.63) is 18.1 Å². The Bertz CT molecular complexity index is 447. The molecule has 20 heavy (non-hydrogen) atoms. The molecule has 1 aromatic heterocycles. The molecule has 1 amide bonds. The van der Waals surface area contributed by atoms with Gasteiger partial charge >= 0.3 is 0 Å². The van der Waals surface area contributed by atoms with Gasteiger partial charge in [0.05, 0.1) is 13.2 Å². The molecule has 6 nitrogen and oxygen atoms in total. The number of anilines is 1. The van der Waals surface area contributed by atoms with Gasteiger partial charge in [0, 0.05) is 32.7 Å². The van der Waals surface area contributed by atoms with E-state index in [1.807, 2.05) is 7.05 Å². The number of rotatable bonds is 5. The van der Waals surface area contributed by atoms with Gasteiger partial charge in [0.15, 0.2) is 0 Å². The van der Waals surface area contributed by atoms with E-state index in [0.717, 1.165) is 25.2 Å². The fourth-order valence-electron chi connectivity index (χ4n) is 2.11. The highest BCUT2D eigenvalue weighted by molar-refractivity contribution is 5.93. The summed E-state index contributed by atoms with van der Waals surface area (Å²) in [4.78, 5) is 24.5. The van der Waals surface area contributed by atoms with Crippen LogP contribution in [0, 0.1) is 0 Å². The van der Waals surface area contributed by atoms with Crippen LogP contribution in [-0.4, -0.2) is 60.7 Å². The summed E-state index contributed by atoms with van der Waals surface area (Å²) < 4.78 is 5.26. The molecule has 2 heterocycles. The molecular weight excluding hydrogens is 256 g/mol. The van der Waals surface area contributed by atoms with E-state index in [1.54, 1.807) is 11.0 Å². The van der Waals surface area contributed by atoms with Crippen LogP contribution in [0.1, 0.15) is 30.3 Å². The molecule has 0 unspecified atom stereocenters. The molecule has 6 heteroatoms. The molecule has 0 bridgehead atoms. The van der Waals surface area contributed by atoms with Crippen molar-refractivity contribution in [2.75, 3.05) is 44.8 Å². The lowest BCUT2D eigenvalue weighted by Gasteiger charge is -2.26. The Hall–Kier alpha value is -1.69. The van der Waals surface area contributed by atoms with Crippen molar-refractivity contribution in [3.63, 3.8) is 0 Å². The lowest BCUT2D eigenvalue weighted by Crippen LogP contribution is -2.41. The highest BCUT2D eigenvalue weighted by Crippen LogP contribution is 2.12. The average molecular weight is 278 g/mol. The first-order valence-corrected chi connectivity index (χ1v) is 7.12. The summed E-state index contributed by atoms with van der Waals surface area (Å²) in [6.45, 7) is 5.54. The maximum atomic E-state index is 12.4. The first-order chi connectivity index (χ1) is 9.72. The Balaban J connectivity index is 2.06. The number of carbonyl (C=O) groups excluding carboxylic acids is 1. The smallest absolute Gasteiger partial charge is 0.272 e. The minimum atomic E-state index is -0.0409. The highest BCUT2D eigenvalue weighted by atomic mass is 16.5. The summed E-state index contributed by atoms with van der Waals surface area (Å²) in [6.07, 6.45) is 3.70. The third kappa shape index (κ3) is 3.66. The van der Waals surface area contributed by atoms with Gasteiger partial charge in [-0.2, -0.15) is 0 Å². The van der Waals surface area contributed by atoms with Crippen molar-refractivity contribution in [2.45, 2.75) is 19.8 Å². The van der Waals surface area contributed by atoms with Crippen molar-refractivity contribution < 1.29 is 9.53 Å². The molecule has 1 aliphatic rings. The van der Waals surface area contributed by atoms with E-state index in [1.165, 1.54) is 6.33 Å². The standard InChI is InChI=1S/C14H22N4O2/c1-3-4-5-17(2)13-10-12(15-11-16-13)14(19)18-6-8-20-9-7-18/h10-11H,3-9H2,1-2H3. The highest BCUT2D eigenvalue weighted by Gasteiger charge is 2.20. The van der Waals surface area contributed by atoms with Gasteiger partial charge in [0.1, 0.15) is 17.8 Å². The fraction of sp³-hybridized carbons (Fsp3) is 0.643. The predicted molar refractivity (Wildman–Crippen MR) is 76.9 cm³/mol. The third-order valence-electron chi connectivity index (χ3n) is 3.41. The van der Waals surface area contributed by atoms with Gasteiger partial charge in [-0.05, 0) is 6.42 Å². The fourth-order valence-corrected chi connectivity index (χ4v) is 2.11. The SMILES string of the molecule is CCCCN(C)c1cc(C(=O)N2CCOCC2)ncn1. The van der Waals surface area contributed by atoms with Crippen LogP contribution in [0.25, 0.3) is 0 Å². The number of unbranched alkanes of at least 4 members (excludes halogenated alkanes) is 1. The number of carbonyl (C=O) groups is 1. The zero-order valence-corrected chi connectivity index (χ0v) is 12.2. The summed E-state index contributed by atoms with van der Waals surface area (Å²) in [5.74, 6) is 0.755. The van der Waals surface area contributed by atoms with Crippen molar-refractivity contribution in [1.29, 1.82) is 0 Å². The van der Waals surface area contributed by atoms with Crippen molar-refractivity contribution in [2.24, 2.45) is 0 Å². The van der Waals surface area contributed by atoms with E-state index < -0.39 is 0 Å². The zero-order valence-electron chi connectivity index (χ0n) is 12.2. The maximum absolute atomic E-state index is 12.4. The van der Waals surface area contributed by atoms with Gasteiger partial charge in [0.2, 0.25) is 0 Å². The molecule has 0 aliphatic carbocycles. The molecule has 0 atom stereocenters. The van der Waals surface area contributed by atoms with Gasteiger partial charge in [-0.15, -0.1) is 0 Å². The number of morpholine rings is 1. The van der Waals surface area contributed by atoms with E-state index in [4.69, 9.17) is 4.74 Å². The number of hydrogen-bond acceptors (Lipinski definition) is 5. The van der Waals surface area contributed by atoms with Crippen LogP contribution in [-0.2, 0) is 4.74 Å². The van der Waals surface area contributed by atoms with Gasteiger partial charge in [-0.1, -0.05) is 13.3 Å². The minimum absolute atomic E-state index is 0.0409. The lowest BCUT2D eigenvalue weighted by atomic mass is 10.3. The molecule has 0 radical (unpaired) electrons. The van der Waals surface area contributed by atoms with Crippen LogP contribution >= 0.6 is 0 Å². The van der Waals surface area contributed by atoms with E-state index in [0.29, 0.717) is 32.0 Å². The van der Waals surface area contributed by atoms with Crippen molar-refractivity contribution in [1.82, 2.24) is 14.9 Å². The number of aromatic nitrogens is 2. The van der Waals surface area contributed by atoms with Gasteiger partial charge in [0.25, 0.3) is 5.91 Å². The van der Waals surface area contributed by atoms with E-state index in [2.05, 4.69) is 21.8 Å². The van der Waals surface area contributed by atoms with Gasteiger partial charge in [-0.3, -0.25) is 4.79 Å². The molecule has 1 saturated heterocycles. The maximum Gasteiger partial charge on any atom is 0.272 e. The quantitative estimate of drug-likeness (QED) is 0.809. The molecule has 1 aromatic rings. The first kappa shape index (κ1) is 14.7. The lowest BCUT2D eigenvalue weighted by molar-refractivity contribution is 0.0299. The third-order valence-corrected chi connectivity index (χ3v) is 3.41. The zero-order chi connectivity index (χ0) is 14.4. The number of nitrogens with zero attached hydrogens (tertiary/aromatic N) is 4. The van der Waals surface area contributed by atoms with E-state index >= 15 is 0 Å². The molecule has 1 fully saturated rings. The number of hydrogen-bond donors (Lipinski definition) is 0. The molecule has 2 rings (SSSR count). The Labute approximate surface area is 119 Å². The molecular formula is C14H22N4O2. The summed E-state index contributed by atoms with van der Waals surface area (Å²) in [5, 5.41) is 0. The first-order valence-electron chi connectivity index (χ1n) is 7.12. The Kier molecular flexibility index (Phi) is 5.29. The summed E-state index contributed by atoms with van der Waals surface area (Å²) >= 11 is 0. The van der Waals surface area contributed by atoms with Gasteiger partial charge < -0.3 is 14.5 Å². The molecule has 110 valence electrons. The summed E-state index contributed by atoms with van der Waals surface area (Å²) in [5.41, 5.74) is 0.459. The molecule has 0 spiro atoms. The number of ether oxygens (including phenoxy) is 1. The van der Waals surface area contributed by atoms with E-state index in [-0.39, 0.29) is 5.91 Å². The van der Waals surface area contributed by atoms with Crippen LogP contribution in [0.3, 0.4) is 0 Å². The molecule has 1 aliphatic heterocycles. The van der Waals surface area contributed by atoms with Crippen LogP contribution < -0.4 is 4.90 Å². The van der Waals surface area contributed by atoms with Crippen molar-refractivity contribution in [3.8, 4) is 0 Å². The summed E-state index contributed by atoms with van der Waals surface area (Å²) in [6, 6.07) is 1.77. The normalized spacial score (nSPS) is 15.2. The average Bonchev–Trinajstić information content (AvgIpc) is 2.52. The largest absolute Gasteiger partial charge is 0.378 e. The van der Waals surface area contributed by atoms with Crippen LogP contribution in [0.5, 0.6) is 0 Å². The minimum Gasteiger partial charge on any atom is -0.378 e. The Morgan fingerprint density at radius 1 is 1.40 bits per heavy atom. The van der Waals surface area contributed by atoms with Gasteiger partial charge in [-0.25, -0.2) is 9.97 Å². The topological polar surface area (TPSA) is 58.6 Å². The Morgan fingerprint density at radius 3 is 2.85 bits per heavy atom. The Morgan fingerprint density at radius 2 is 2.15 bits per heavy atom. The van der Waals surface area contributed by atoms with Crippen LogP contribution in [0.15, 0.2) is 12.4 Å².